The van der Waals surface area contributed by atoms with Gasteiger partial charge in [0.15, 0.2) is 0 Å². The predicted octanol–water partition coefficient (Wildman–Crippen LogP) is 1.40. The van der Waals surface area contributed by atoms with E-state index in [0.717, 1.165) is 30.7 Å². The second-order valence-electron chi connectivity index (χ2n) is 5.69. The normalized spacial score (nSPS) is 28.6. The van der Waals surface area contributed by atoms with Gasteiger partial charge >= 0.3 is 0 Å². The van der Waals surface area contributed by atoms with Crippen LogP contribution in [0.2, 0.25) is 0 Å². The van der Waals surface area contributed by atoms with E-state index >= 15 is 0 Å². The van der Waals surface area contributed by atoms with Crippen molar-refractivity contribution in [2.75, 3.05) is 19.6 Å². The monoisotopic (exact) mass is 248 g/mol. The molecule has 3 rings (SSSR count). The molecule has 1 aromatic heterocycles. The van der Waals surface area contributed by atoms with Crippen molar-refractivity contribution in [1.29, 1.82) is 0 Å². The van der Waals surface area contributed by atoms with Crippen molar-refractivity contribution < 1.29 is 0 Å². The Kier molecular flexibility index (Phi) is 3.39. The summed E-state index contributed by atoms with van der Waals surface area (Å²) in [6.07, 6.45) is 2.75. The van der Waals surface area contributed by atoms with Gasteiger partial charge in [-0.2, -0.15) is 5.10 Å². The number of hydrogen-bond donors (Lipinski definition) is 1. The molecule has 100 valence electrons. The van der Waals surface area contributed by atoms with Crippen molar-refractivity contribution in [3.05, 3.63) is 17.5 Å². The fourth-order valence-electron chi connectivity index (χ4n) is 3.57. The third-order valence-electron chi connectivity index (χ3n) is 4.44. The number of nitrogens with zero attached hydrogens (tertiary/aromatic N) is 3. The van der Waals surface area contributed by atoms with Gasteiger partial charge in [-0.15, -0.1) is 0 Å². The van der Waals surface area contributed by atoms with Gasteiger partial charge in [0, 0.05) is 25.7 Å². The molecule has 0 bridgehead atoms. The van der Waals surface area contributed by atoms with Crippen LogP contribution in [-0.4, -0.2) is 40.4 Å². The number of hydrogen-bond acceptors (Lipinski definition) is 3. The Morgan fingerprint density at radius 3 is 3.17 bits per heavy atom. The SMILES string of the molecule is CCn1nc(C)cc1CN1CCCC2CNCC21. The maximum atomic E-state index is 4.55. The fourth-order valence-corrected chi connectivity index (χ4v) is 3.57. The predicted molar refractivity (Wildman–Crippen MR) is 72.4 cm³/mol. The Balaban J connectivity index is 1.74. The van der Waals surface area contributed by atoms with Crippen LogP contribution in [0.1, 0.15) is 31.2 Å². The van der Waals surface area contributed by atoms with Crippen molar-refractivity contribution in [2.24, 2.45) is 5.92 Å². The highest BCUT2D eigenvalue weighted by atomic mass is 15.3. The van der Waals surface area contributed by atoms with E-state index in [9.17, 15) is 0 Å². The molecule has 0 spiro atoms. The van der Waals surface area contributed by atoms with Gasteiger partial charge in [0.05, 0.1) is 11.4 Å². The fraction of sp³-hybridized carbons (Fsp3) is 0.786. The minimum atomic E-state index is 0.749. The van der Waals surface area contributed by atoms with Crippen molar-refractivity contribution in [3.63, 3.8) is 0 Å². The molecule has 3 heterocycles. The van der Waals surface area contributed by atoms with Gasteiger partial charge in [0.2, 0.25) is 0 Å². The molecule has 0 radical (unpaired) electrons. The van der Waals surface area contributed by atoms with E-state index in [4.69, 9.17) is 0 Å². The Hall–Kier alpha value is -0.870. The van der Waals surface area contributed by atoms with E-state index in [2.05, 4.69) is 39.9 Å². The number of fused-ring (bicyclic) bond motifs is 1. The van der Waals surface area contributed by atoms with Gasteiger partial charge < -0.3 is 5.32 Å². The van der Waals surface area contributed by atoms with Crippen LogP contribution in [-0.2, 0) is 13.1 Å². The molecular weight excluding hydrogens is 224 g/mol. The molecule has 1 aromatic rings. The van der Waals surface area contributed by atoms with Gasteiger partial charge in [-0.05, 0) is 51.8 Å². The third kappa shape index (κ3) is 2.19. The van der Waals surface area contributed by atoms with E-state index in [1.165, 1.54) is 38.2 Å². The molecule has 18 heavy (non-hydrogen) atoms. The number of rotatable bonds is 3. The summed E-state index contributed by atoms with van der Waals surface area (Å²) >= 11 is 0. The minimum absolute atomic E-state index is 0.749. The molecule has 2 aliphatic rings. The quantitative estimate of drug-likeness (QED) is 0.877. The highest BCUT2D eigenvalue weighted by molar-refractivity contribution is 5.10. The van der Waals surface area contributed by atoms with Crippen LogP contribution in [0.5, 0.6) is 0 Å². The molecule has 0 aliphatic carbocycles. The van der Waals surface area contributed by atoms with E-state index in [1.54, 1.807) is 0 Å². The molecule has 0 saturated carbocycles. The summed E-state index contributed by atoms with van der Waals surface area (Å²) in [5, 5.41) is 8.10. The summed E-state index contributed by atoms with van der Waals surface area (Å²) in [6.45, 7) is 9.94. The average Bonchev–Trinajstić information content (AvgIpc) is 2.96. The Bertz CT molecular complexity index is 412. The number of nitrogens with one attached hydrogen (secondary N) is 1. The first-order valence-corrected chi connectivity index (χ1v) is 7.26. The van der Waals surface area contributed by atoms with Crippen LogP contribution in [0, 0.1) is 12.8 Å². The standard InChI is InChI=1S/C14H24N4/c1-3-18-13(7-11(2)16-18)10-17-6-4-5-12-8-15-9-14(12)17/h7,12,14-15H,3-6,8-10H2,1-2H3. The summed E-state index contributed by atoms with van der Waals surface area (Å²) in [5.74, 6) is 0.873. The molecule has 4 nitrogen and oxygen atoms in total. The van der Waals surface area contributed by atoms with Gasteiger partial charge in [0.1, 0.15) is 0 Å². The number of piperidine rings is 1. The van der Waals surface area contributed by atoms with Crippen molar-refractivity contribution in [1.82, 2.24) is 20.0 Å². The van der Waals surface area contributed by atoms with Gasteiger partial charge in [-0.1, -0.05) is 0 Å². The molecule has 2 unspecified atom stereocenters. The maximum Gasteiger partial charge on any atom is 0.0597 e. The smallest absolute Gasteiger partial charge is 0.0597 e. The molecule has 2 atom stereocenters. The Morgan fingerprint density at radius 1 is 1.44 bits per heavy atom. The second kappa shape index (κ2) is 5.02. The van der Waals surface area contributed by atoms with E-state index in [0.29, 0.717) is 0 Å². The zero-order chi connectivity index (χ0) is 12.5. The summed E-state index contributed by atoms with van der Waals surface area (Å²) in [6, 6.07) is 2.99. The highest BCUT2D eigenvalue weighted by Gasteiger charge is 2.35. The summed E-state index contributed by atoms with van der Waals surface area (Å²) < 4.78 is 2.15. The van der Waals surface area contributed by atoms with Crippen molar-refractivity contribution in [3.8, 4) is 0 Å². The molecule has 2 aliphatic heterocycles. The lowest BCUT2D eigenvalue weighted by Gasteiger charge is -2.36. The third-order valence-corrected chi connectivity index (χ3v) is 4.44. The largest absolute Gasteiger partial charge is 0.315 e. The van der Waals surface area contributed by atoms with Crippen LogP contribution in [0.25, 0.3) is 0 Å². The topological polar surface area (TPSA) is 33.1 Å². The van der Waals surface area contributed by atoms with Crippen LogP contribution >= 0.6 is 0 Å². The van der Waals surface area contributed by atoms with Gasteiger partial charge in [0.25, 0.3) is 0 Å². The first-order chi connectivity index (χ1) is 8.78. The molecule has 2 fully saturated rings. The van der Waals surface area contributed by atoms with E-state index < -0.39 is 0 Å². The van der Waals surface area contributed by atoms with E-state index in [1.807, 2.05) is 0 Å². The summed E-state index contributed by atoms with van der Waals surface area (Å²) in [5.41, 5.74) is 2.52. The van der Waals surface area contributed by atoms with E-state index in [-0.39, 0.29) is 0 Å². The lowest BCUT2D eigenvalue weighted by atomic mass is 9.92. The van der Waals surface area contributed by atoms with Gasteiger partial charge in [-0.3, -0.25) is 9.58 Å². The second-order valence-corrected chi connectivity index (χ2v) is 5.69. The Labute approximate surface area is 109 Å². The summed E-state index contributed by atoms with van der Waals surface area (Å²) in [4.78, 5) is 2.66. The van der Waals surface area contributed by atoms with Crippen LogP contribution in [0.15, 0.2) is 6.07 Å². The van der Waals surface area contributed by atoms with Crippen LogP contribution in [0.4, 0.5) is 0 Å². The highest BCUT2D eigenvalue weighted by Crippen LogP contribution is 2.27. The molecule has 4 heteroatoms. The summed E-state index contributed by atoms with van der Waals surface area (Å²) in [7, 11) is 0. The molecule has 2 saturated heterocycles. The number of aryl methyl sites for hydroxylation is 2. The number of likely N-dealkylation sites (tertiary alicyclic amines) is 1. The lowest BCUT2D eigenvalue weighted by Crippen LogP contribution is -2.44. The van der Waals surface area contributed by atoms with Gasteiger partial charge in [-0.25, -0.2) is 0 Å². The maximum absolute atomic E-state index is 4.55. The van der Waals surface area contributed by atoms with Crippen molar-refractivity contribution >= 4 is 0 Å². The van der Waals surface area contributed by atoms with Crippen LogP contribution < -0.4 is 5.32 Å². The lowest BCUT2D eigenvalue weighted by molar-refractivity contribution is 0.114. The number of aromatic nitrogens is 2. The first kappa shape index (κ1) is 12.2. The molecular formula is C14H24N4. The zero-order valence-electron chi connectivity index (χ0n) is 11.5. The molecule has 1 N–H and O–H groups in total. The van der Waals surface area contributed by atoms with Crippen LogP contribution in [0.3, 0.4) is 0 Å². The Morgan fingerprint density at radius 2 is 2.33 bits per heavy atom. The minimum Gasteiger partial charge on any atom is -0.315 e. The van der Waals surface area contributed by atoms with Crippen molar-refractivity contribution in [2.45, 2.75) is 45.8 Å². The molecule has 0 amide bonds. The zero-order valence-corrected chi connectivity index (χ0v) is 11.5. The average molecular weight is 248 g/mol. The first-order valence-electron chi connectivity index (χ1n) is 7.26. The molecule has 0 aromatic carbocycles.